The molecule has 1 aliphatic rings. The Morgan fingerprint density at radius 3 is 2.50 bits per heavy atom. The first-order valence-corrected chi connectivity index (χ1v) is 6.03. The normalized spacial score (nSPS) is 18.6. The van der Waals surface area contributed by atoms with E-state index >= 15 is 0 Å². The van der Waals surface area contributed by atoms with Gasteiger partial charge < -0.3 is 11.1 Å². The minimum atomic E-state index is 0.239. The molecule has 0 bridgehead atoms. The SMILES string of the molecule is NCC1(CNc2ncc(Cl)cn2)CCCC1. The largest absolute Gasteiger partial charge is 0.354 e. The van der Waals surface area contributed by atoms with Crippen molar-refractivity contribution in [2.45, 2.75) is 25.7 Å². The van der Waals surface area contributed by atoms with Gasteiger partial charge in [-0.05, 0) is 24.8 Å². The maximum absolute atomic E-state index is 5.86. The molecule has 3 N–H and O–H groups in total. The molecule has 0 aliphatic heterocycles. The second kappa shape index (κ2) is 4.97. The molecule has 16 heavy (non-hydrogen) atoms. The van der Waals surface area contributed by atoms with Crippen LogP contribution in [0.15, 0.2) is 12.4 Å². The van der Waals surface area contributed by atoms with Gasteiger partial charge >= 0.3 is 0 Å². The van der Waals surface area contributed by atoms with Crippen LogP contribution in [0.1, 0.15) is 25.7 Å². The van der Waals surface area contributed by atoms with E-state index in [-0.39, 0.29) is 5.41 Å². The highest BCUT2D eigenvalue weighted by atomic mass is 35.5. The summed E-state index contributed by atoms with van der Waals surface area (Å²) in [5.74, 6) is 0.629. The van der Waals surface area contributed by atoms with E-state index in [0.717, 1.165) is 13.1 Å². The van der Waals surface area contributed by atoms with E-state index in [1.807, 2.05) is 0 Å². The zero-order valence-corrected chi connectivity index (χ0v) is 10.0. The summed E-state index contributed by atoms with van der Waals surface area (Å²) in [6, 6.07) is 0. The first-order valence-electron chi connectivity index (χ1n) is 5.66. The molecule has 1 saturated carbocycles. The van der Waals surface area contributed by atoms with Crippen LogP contribution in [0.25, 0.3) is 0 Å². The number of halogens is 1. The predicted molar refractivity (Wildman–Crippen MR) is 65.5 cm³/mol. The number of rotatable bonds is 4. The summed E-state index contributed by atoms with van der Waals surface area (Å²) in [4.78, 5) is 8.22. The summed E-state index contributed by atoms with van der Waals surface area (Å²) in [6.45, 7) is 1.58. The number of nitrogens with two attached hydrogens (primary N) is 1. The Bertz CT molecular complexity index is 332. The van der Waals surface area contributed by atoms with Crippen LogP contribution >= 0.6 is 11.6 Å². The highest BCUT2D eigenvalue weighted by Gasteiger charge is 2.32. The van der Waals surface area contributed by atoms with Gasteiger partial charge in [0.1, 0.15) is 0 Å². The number of aromatic nitrogens is 2. The summed E-state index contributed by atoms with van der Waals surface area (Å²) in [7, 11) is 0. The zero-order chi connectivity index (χ0) is 11.4. The van der Waals surface area contributed by atoms with Crippen molar-refractivity contribution in [1.29, 1.82) is 0 Å². The maximum Gasteiger partial charge on any atom is 0.222 e. The fourth-order valence-electron chi connectivity index (χ4n) is 2.25. The monoisotopic (exact) mass is 240 g/mol. The maximum atomic E-state index is 5.86. The molecule has 0 saturated heterocycles. The van der Waals surface area contributed by atoms with Crippen LogP contribution in [-0.4, -0.2) is 23.1 Å². The van der Waals surface area contributed by atoms with Crippen LogP contribution in [0.5, 0.6) is 0 Å². The fourth-order valence-corrected chi connectivity index (χ4v) is 2.35. The van der Waals surface area contributed by atoms with Crippen LogP contribution in [0.3, 0.4) is 0 Å². The number of nitrogens with one attached hydrogen (secondary N) is 1. The van der Waals surface area contributed by atoms with Crippen molar-refractivity contribution < 1.29 is 0 Å². The summed E-state index contributed by atoms with van der Waals surface area (Å²) >= 11 is 5.72. The fraction of sp³-hybridized carbons (Fsp3) is 0.636. The Morgan fingerprint density at radius 2 is 1.94 bits per heavy atom. The molecule has 88 valence electrons. The molecule has 0 unspecified atom stereocenters. The van der Waals surface area contributed by atoms with Crippen molar-refractivity contribution in [1.82, 2.24) is 9.97 Å². The summed E-state index contributed by atoms with van der Waals surface area (Å²) in [6.07, 6.45) is 8.15. The molecular formula is C11H17ClN4. The molecule has 1 fully saturated rings. The number of nitrogens with zero attached hydrogens (tertiary/aromatic N) is 2. The third-order valence-corrected chi connectivity index (χ3v) is 3.53. The van der Waals surface area contributed by atoms with Crippen LogP contribution < -0.4 is 11.1 Å². The topological polar surface area (TPSA) is 63.8 Å². The molecule has 1 heterocycles. The zero-order valence-electron chi connectivity index (χ0n) is 9.25. The van der Waals surface area contributed by atoms with E-state index in [4.69, 9.17) is 17.3 Å². The van der Waals surface area contributed by atoms with Crippen molar-refractivity contribution >= 4 is 17.5 Å². The van der Waals surface area contributed by atoms with E-state index in [9.17, 15) is 0 Å². The molecule has 0 amide bonds. The van der Waals surface area contributed by atoms with Gasteiger partial charge in [0.2, 0.25) is 5.95 Å². The van der Waals surface area contributed by atoms with Gasteiger partial charge in [-0.15, -0.1) is 0 Å². The van der Waals surface area contributed by atoms with Gasteiger partial charge in [0.25, 0.3) is 0 Å². The van der Waals surface area contributed by atoms with E-state index < -0.39 is 0 Å². The summed E-state index contributed by atoms with van der Waals surface area (Å²) in [5, 5.41) is 3.80. The van der Waals surface area contributed by atoms with Gasteiger partial charge in [0, 0.05) is 6.54 Å². The van der Waals surface area contributed by atoms with Crippen molar-refractivity contribution in [2.24, 2.45) is 11.1 Å². The summed E-state index contributed by atoms with van der Waals surface area (Å²) < 4.78 is 0. The smallest absolute Gasteiger partial charge is 0.222 e. The lowest BCUT2D eigenvalue weighted by Gasteiger charge is -2.27. The van der Waals surface area contributed by atoms with E-state index in [0.29, 0.717) is 11.0 Å². The molecule has 1 aliphatic carbocycles. The van der Waals surface area contributed by atoms with Gasteiger partial charge in [-0.2, -0.15) is 0 Å². The molecule has 4 nitrogen and oxygen atoms in total. The third-order valence-electron chi connectivity index (χ3n) is 3.34. The Balaban J connectivity index is 1.93. The number of hydrogen-bond donors (Lipinski definition) is 2. The van der Waals surface area contributed by atoms with E-state index in [2.05, 4.69) is 15.3 Å². The molecule has 0 atom stereocenters. The summed E-state index contributed by atoms with van der Waals surface area (Å²) in [5.41, 5.74) is 6.09. The second-order valence-electron chi connectivity index (χ2n) is 4.49. The van der Waals surface area contributed by atoms with Gasteiger partial charge in [0.15, 0.2) is 0 Å². The van der Waals surface area contributed by atoms with E-state index in [1.165, 1.54) is 25.7 Å². The Kier molecular flexibility index (Phi) is 3.61. The molecule has 0 spiro atoms. The lowest BCUT2D eigenvalue weighted by molar-refractivity contribution is 0.331. The van der Waals surface area contributed by atoms with Crippen molar-refractivity contribution in [2.75, 3.05) is 18.4 Å². The molecule has 1 aromatic rings. The Morgan fingerprint density at radius 1 is 1.31 bits per heavy atom. The van der Waals surface area contributed by atoms with Crippen LogP contribution in [0, 0.1) is 5.41 Å². The van der Waals surface area contributed by atoms with E-state index in [1.54, 1.807) is 12.4 Å². The molecular weight excluding hydrogens is 224 g/mol. The van der Waals surface area contributed by atoms with Gasteiger partial charge in [-0.3, -0.25) is 0 Å². The average molecular weight is 241 g/mol. The standard InChI is InChI=1S/C11H17ClN4/c12-9-5-14-10(15-6-9)16-8-11(7-13)3-1-2-4-11/h5-6H,1-4,7-8,13H2,(H,14,15,16). The Labute approximate surface area is 101 Å². The lowest BCUT2D eigenvalue weighted by Crippen LogP contribution is -2.35. The third kappa shape index (κ3) is 2.62. The first kappa shape index (κ1) is 11.6. The minimum Gasteiger partial charge on any atom is -0.354 e. The molecule has 5 heteroatoms. The lowest BCUT2D eigenvalue weighted by atomic mass is 9.86. The van der Waals surface area contributed by atoms with Crippen LogP contribution in [0.4, 0.5) is 5.95 Å². The quantitative estimate of drug-likeness (QED) is 0.846. The average Bonchev–Trinajstić information content (AvgIpc) is 2.78. The number of hydrogen-bond acceptors (Lipinski definition) is 4. The predicted octanol–water partition coefficient (Wildman–Crippen LogP) is 2.06. The van der Waals surface area contributed by atoms with Gasteiger partial charge in [0.05, 0.1) is 17.4 Å². The molecule has 0 radical (unpaired) electrons. The Hall–Kier alpha value is -0.870. The van der Waals surface area contributed by atoms with Crippen LogP contribution in [0.2, 0.25) is 5.02 Å². The van der Waals surface area contributed by atoms with Crippen molar-refractivity contribution in [3.8, 4) is 0 Å². The van der Waals surface area contributed by atoms with Gasteiger partial charge in [-0.25, -0.2) is 9.97 Å². The van der Waals surface area contributed by atoms with Crippen molar-refractivity contribution in [3.05, 3.63) is 17.4 Å². The van der Waals surface area contributed by atoms with Crippen molar-refractivity contribution in [3.63, 3.8) is 0 Å². The van der Waals surface area contributed by atoms with Gasteiger partial charge in [-0.1, -0.05) is 24.4 Å². The number of anilines is 1. The molecule has 1 aromatic heterocycles. The minimum absolute atomic E-state index is 0.239. The molecule has 2 rings (SSSR count). The first-order chi connectivity index (χ1) is 7.74. The molecule has 0 aromatic carbocycles. The highest BCUT2D eigenvalue weighted by molar-refractivity contribution is 6.30. The second-order valence-corrected chi connectivity index (χ2v) is 4.93. The van der Waals surface area contributed by atoms with Crippen LogP contribution in [-0.2, 0) is 0 Å². The highest BCUT2D eigenvalue weighted by Crippen LogP contribution is 2.36.